The van der Waals surface area contributed by atoms with Crippen LogP contribution in [0.1, 0.15) is 33.7 Å². The number of rotatable bonds is 7. The lowest BCUT2D eigenvalue weighted by molar-refractivity contribution is -0.117. The van der Waals surface area contributed by atoms with Crippen molar-refractivity contribution in [2.24, 2.45) is 0 Å². The van der Waals surface area contributed by atoms with Crippen LogP contribution < -0.4 is 14.8 Å². The molecule has 0 unspecified atom stereocenters. The minimum Gasteiger partial charge on any atom is -0.454 e. The second-order valence-electron chi connectivity index (χ2n) is 7.48. The summed E-state index contributed by atoms with van der Waals surface area (Å²) in [6.45, 7) is 3.82. The molecule has 0 radical (unpaired) electrons. The third-order valence-corrected chi connectivity index (χ3v) is 5.23. The smallest absolute Gasteiger partial charge is 0.275 e. The zero-order valence-corrected chi connectivity index (χ0v) is 17.9. The van der Waals surface area contributed by atoms with Crippen molar-refractivity contribution >= 4 is 23.3 Å². The van der Waals surface area contributed by atoms with Crippen LogP contribution in [0.15, 0.2) is 22.8 Å². The highest BCUT2D eigenvalue weighted by atomic mass is 16.7. The summed E-state index contributed by atoms with van der Waals surface area (Å²) < 4.78 is 20.8. The van der Waals surface area contributed by atoms with Gasteiger partial charge in [0.25, 0.3) is 5.91 Å². The van der Waals surface area contributed by atoms with E-state index in [-0.39, 0.29) is 43.2 Å². The monoisotopic (exact) mass is 444 g/mol. The Hall–Kier alpha value is -3.44. The standard InChI is InChI=1S/C21H24N4O7/c1-13(26)14-7-17-18(32-12-31-17)8-15(14)22-19(27)9-24-3-5-25(6-4-24)21(28)16-10-30-20(23-16)11-29-2/h7-8,10H,3-6,9,11-12H2,1-2H3,(H,22,27). The van der Waals surface area contributed by atoms with Crippen LogP contribution in [0.5, 0.6) is 11.5 Å². The molecular weight excluding hydrogens is 420 g/mol. The first-order valence-electron chi connectivity index (χ1n) is 10.1. The van der Waals surface area contributed by atoms with Crippen LogP contribution >= 0.6 is 0 Å². The molecule has 1 N–H and O–H groups in total. The molecule has 1 fully saturated rings. The minimum atomic E-state index is -0.258. The molecule has 0 spiro atoms. The van der Waals surface area contributed by atoms with Crippen LogP contribution in [0.4, 0.5) is 5.69 Å². The fraction of sp³-hybridized carbons (Fsp3) is 0.429. The SMILES string of the molecule is COCc1nc(C(=O)N2CCN(CC(=O)Nc3cc4c(cc3C(C)=O)OCO4)CC2)co1. The Morgan fingerprint density at radius 1 is 1.12 bits per heavy atom. The van der Waals surface area contributed by atoms with Gasteiger partial charge in [0.15, 0.2) is 23.0 Å². The number of piperazine rings is 1. The molecule has 0 aliphatic carbocycles. The molecule has 11 nitrogen and oxygen atoms in total. The Balaban J connectivity index is 1.31. The van der Waals surface area contributed by atoms with Crippen molar-refractivity contribution in [2.45, 2.75) is 13.5 Å². The van der Waals surface area contributed by atoms with E-state index in [2.05, 4.69) is 10.3 Å². The Morgan fingerprint density at radius 3 is 2.53 bits per heavy atom. The third kappa shape index (κ3) is 4.73. The van der Waals surface area contributed by atoms with Gasteiger partial charge in [0.2, 0.25) is 18.6 Å². The molecule has 0 bridgehead atoms. The van der Waals surface area contributed by atoms with Gasteiger partial charge in [-0.2, -0.15) is 0 Å². The van der Waals surface area contributed by atoms with E-state index in [9.17, 15) is 14.4 Å². The topological polar surface area (TPSA) is 123 Å². The Morgan fingerprint density at radius 2 is 1.84 bits per heavy atom. The first-order valence-corrected chi connectivity index (χ1v) is 10.1. The Kier molecular flexibility index (Phi) is 6.37. The lowest BCUT2D eigenvalue weighted by Gasteiger charge is -2.33. The quantitative estimate of drug-likeness (QED) is 0.626. The summed E-state index contributed by atoms with van der Waals surface area (Å²) in [5.74, 6) is 0.653. The predicted molar refractivity (Wildman–Crippen MR) is 111 cm³/mol. The van der Waals surface area contributed by atoms with Crippen LogP contribution in [0.25, 0.3) is 0 Å². The highest BCUT2D eigenvalue weighted by Crippen LogP contribution is 2.37. The second-order valence-corrected chi connectivity index (χ2v) is 7.48. The van der Waals surface area contributed by atoms with Crippen molar-refractivity contribution in [3.05, 3.63) is 35.5 Å². The van der Waals surface area contributed by atoms with E-state index in [0.717, 1.165) is 0 Å². The fourth-order valence-corrected chi connectivity index (χ4v) is 3.60. The van der Waals surface area contributed by atoms with Crippen LogP contribution in [0.3, 0.4) is 0 Å². The van der Waals surface area contributed by atoms with Gasteiger partial charge in [-0.05, 0) is 13.0 Å². The molecule has 0 atom stereocenters. The number of benzene rings is 1. The third-order valence-electron chi connectivity index (χ3n) is 5.23. The predicted octanol–water partition coefficient (Wildman–Crippen LogP) is 1.15. The molecule has 2 amide bonds. The van der Waals surface area contributed by atoms with Gasteiger partial charge in [-0.1, -0.05) is 0 Å². The summed E-state index contributed by atoms with van der Waals surface area (Å²) in [4.78, 5) is 44.9. The van der Waals surface area contributed by atoms with Crippen molar-refractivity contribution in [1.82, 2.24) is 14.8 Å². The van der Waals surface area contributed by atoms with Crippen LogP contribution in [-0.2, 0) is 16.1 Å². The molecule has 2 aliphatic heterocycles. The van der Waals surface area contributed by atoms with E-state index in [1.165, 1.54) is 20.3 Å². The number of nitrogens with zero attached hydrogens (tertiary/aromatic N) is 3. The van der Waals surface area contributed by atoms with Gasteiger partial charge in [0.05, 0.1) is 12.2 Å². The van der Waals surface area contributed by atoms with Gasteiger partial charge in [-0.3, -0.25) is 19.3 Å². The average Bonchev–Trinajstić information content (AvgIpc) is 3.42. The maximum Gasteiger partial charge on any atom is 0.275 e. The number of carbonyl (C=O) groups is 3. The molecule has 170 valence electrons. The summed E-state index contributed by atoms with van der Waals surface area (Å²) in [6, 6.07) is 3.18. The Labute approximate surface area is 184 Å². The zero-order chi connectivity index (χ0) is 22.7. The van der Waals surface area contributed by atoms with Crippen LogP contribution in [0, 0.1) is 0 Å². The van der Waals surface area contributed by atoms with Gasteiger partial charge in [-0.25, -0.2) is 4.98 Å². The van der Waals surface area contributed by atoms with Crippen molar-refractivity contribution in [2.75, 3.05) is 51.9 Å². The van der Waals surface area contributed by atoms with E-state index in [1.807, 2.05) is 4.90 Å². The van der Waals surface area contributed by atoms with Crippen molar-refractivity contribution in [3.63, 3.8) is 0 Å². The number of amides is 2. The van der Waals surface area contributed by atoms with Crippen LogP contribution in [-0.4, -0.2) is 79.0 Å². The normalized spacial score (nSPS) is 15.6. The van der Waals surface area contributed by atoms with E-state index in [1.54, 1.807) is 17.0 Å². The largest absolute Gasteiger partial charge is 0.454 e. The molecular formula is C21H24N4O7. The lowest BCUT2D eigenvalue weighted by Crippen LogP contribution is -2.50. The Bertz CT molecular complexity index is 1030. The van der Waals surface area contributed by atoms with Gasteiger partial charge in [0.1, 0.15) is 12.9 Å². The van der Waals surface area contributed by atoms with Gasteiger partial charge in [0, 0.05) is 44.9 Å². The summed E-state index contributed by atoms with van der Waals surface area (Å²) >= 11 is 0. The highest BCUT2D eigenvalue weighted by Gasteiger charge is 2.26. The van der Waals surface area contributed by atoms with Crippen molar-refractivity contribution in [1.29, 1.82) is 0 Å². The van der Waals surface area contributed by atoms with Crippen LogP contribution in [0.2, 0.25) is 0 Å². The maximum absolute atomic E-state index is 12.6. The molecule has 0 saturated carbocycles. The first-order chi connectivity index (χ1) is 15.4. The van der Waals surface area contributed by atoms with E-state index in [4.69, 9.17) is 18.6 Å². The van der Waals surface area contributed by atoms with Gasteiger partial charge in [-0.15, -0.1) is 0 Å². The molecule has 32 heavy (non-hydrogen) atoms. The molecule has 3 heterocycles. The second kappa shape index (κ2) is 9.37. The molecule has 2 aromatic rings. The number of fused-ring (bicyclic) bond motifs is 1. The summed E-state index contributed by atoms with van der Waals surface area (Å²) in [6.07, 6.45) is 1.33. The zero-order valence-electron chi connectivity index (χ0n) is 17.9. The van der Waals surface area contributed by atoms with Gasteiger partial charge >= 0.3 is 0 Å². The summed E-state index contributed by atoms with van der Waals surface area (Å²) in [5, 5.41) is 2.79. The minimum absolute atomic E-state index is 0.0785. The lowest BCUT2D eigenvalue weighted by atomic mass is 10.1. The number of Topliss-reactive ketones (excluding diaryl/α,β-unsaturated/α-hetero) is 1. The molecule has 1 aromatic heterocycles. The number of methoxy groups -OCH3 is 1. The molecule has 4 rings (SSSR count). The van der Waals surface area contributed by atoms with E-state index < -0.39 is 0 Å². The molecule has 11 heteroatoms. The number of ether oxygens (including phenoxy) is 3. The number of hydrogen-bond donors (Lipinski definition) is 1. The summed E-state index contributed by atoms with van der Waals surface area (Å²) in [7, 11) is 1.52. The number of anilines is 1. The molecule has 1 saturated heterocycles. The maximum atomic E-state index is 12.6. The van der Waals surface area contributed by atoms with Crippen molar-refractivity contribution in [3.8, 4) is 11.5 Å². The summed E-state index contributed by atoms with van der Waals surface area (Å²) in [5.41, 5.74) is 0.986. The first kappa shape index (κ1) is 21.8. The average molecular weight is 444 g/mol. The fourth-order valence-electron chi connectivity index (χ4n) is 3.60. The number of nitrogens with one attached hydrogen (secondary N) is 1. The molecule has 1 aromatic carbocycles. The molecule has 2 aliphatic rings. The number of carbonyl (C=O) groups excluding carboxylic acids is 3. The number of aromatic nitrogens is 1. The van der Waals surface area contributed by atoms with E-state index in [0.29, 0.717) is 54.8 Å². The van der Waals surface area contributed by atoms with Crippen molar-refractivity contribution < 1.29 is 33.0 Å². The number of oxazole rings is 1. The van der Waals surface area contributed by atoms with E-state index >= 15 is 0 Å². The number of hydrogen-bond acceptors (Lipinski definition) is 9. The van der Waals surface area contributed by atoms with Gasteiger partial charge < -0.3 is 28.8 Å². The highest BCUT2D eigenvalue weighted by molar-refractivity contribution is 6.05. The number of ketones is 1.